The Balaban J connectivity index is 2.04. The summed E-state index contributed by atoms with van der Waals surface area (Å²) < 4.78 is 44.9. The maximum Gasteiger partial charge on any atom is 0.433 e. The third kappa shape index (κ3) is 3.60. The van der Waals surface area contributed by atoms with Gasteiger partial charge in [0.05, 0.1) is 12.8 Å². The summed E-state index contributed by atoms with van der Waals surface area (Å²) >= 11 is 0. The molecule has 4 nitrogen and oxygen atoms in total. The van der Waals surface area contributed by atoms with Gasteiger partial charge in [0.1, 0.15) is 5.75 Å². The second kappa shape index (κ2) is 6.67. The number of para-hydroxylation sites is 1. The van der Waals surface area contributed by atoms with Crippen molar-refractivity contribution in [2.24, 2.45) is 0 Å². The highest BCUT2D eigenvalue weighted by molar-refractivity contribution is 5.68. The van der Waals surface area contributed by atoms with E-state index in [-0.39, 0.29) is 17.7 Å². The highest BCUT2D eigenvalue weighted by Gasteiger charge is 2.34. The number of methoxy groups -OCH3 is 1. The summed E-state index contributed by atoms with van der Waals surface area (Å²) in [4.78, 5) is 7.95. The largest absolute Gasteiger partial charge is 0.496 e. The van der Waals surface area contributed by atoms with Crippen LogP contribution in [0, 0.1) is 0 Å². The van der Waals surface area contributed by atoms with Crippen molar-refractivity contribution in [2.75, 3.05) is 12.4 Å². The van der Waals surface area contributed by atoms with Gasteiger partial charge in [0.2, 0.25) is 5.95 Å². The number of hydrogen-bond acceptors (Lipinski definition) is 4. The fourth-order valence-electron chi connectivity index (χ4n) is 2.90. The molecule has 1 aliphatic carbocycles. The number of benzene rings is 1. The number of hydrogen-bond donors (Lipinski definition) is 1. The van der Waals surface area contributed by atoms with Crippen molar-refractivity contribution in [2.45, 2.75) is 37.9 Å². The number of anilines is 1. The maximum atomic E-state index is 13.2. The van der Waals surface area contributed by atoms with E-state index in [0.29, 0.717) is 11.3 Å². The fourth-order valence-corrected chi connectivity index (χ4v) is 2.90. The summed E-state index contributed by atoms with van der Waals surface area (Å²) in [5.74, 6) is 0.480. The second-order valence-electron chi connectivity index (χ2n) is 5.79. The van der Waals surface area contributed by atoms with Gasteiger partial charge < -0.3 is 10.1 Å². The smallest absolute Gasteiger partial charge is 0.433 e. The lowest BCUT2D eigenvalue weighted by Gasteiger charge is -2.16. The molecule has 128 valence electrons. The molecule has 0 spiro atoms. The first kappa shape index (κ1) is 16.5. The van der Waals surface area contributed by atoms with E-state index in [1.165, 1.54) is 7.11 Å². The van der Waals surface area contributed by atoms with Gasteiger partial charge in [-0.25, -0.2) is 9.97 Å². The number of aromatic nitrogens is 2. The third-order valence-electron chi connectivity index (χ3n) is 4.09. The van der Waals surface area contributed by atoms with Crippen LogP contribution < -0.4 is 10.1 Å². The Morgan fingerprint density at radius 1 is 1.12 bits per heavy atom. The quantitative estimate of drug-likeness (QED) is 0.891. The van der Waals surface area contributed by atoms with Gasteiger partial charge in [-0.15, -0.1) is 0 Å². The van der Waals surface area contributed by atoms with E-state index in [2.05, 4.69) is 15.3 Å². The van der Waals surface area contributed by atoms with E-state index in [4.69, 9.17) is 4.74 Å². The summed E-state index contributed by atoms with van der Waals surface area (Å²) in [5.41, 5.74) is -0.267. The molecule has 1 N–H and O–H groups in total. The van der Waals surface area contributed by atoms with Crippen molar-refractivity contribution < 1.29 is 17.9 Å². The molecule has 0 aliphatic heterocycles. The average molecular weight is 337 g/mol. The summed E-state index contributed by atoms with van der Waals surface area (Å²) in [7, 11) is 1.47. The zero-order valence-electron chi connectivity index (χ0n) is 13.2. The standard InChI is InChI=1S/C17H18F3N3O/c1-24-14-9-5-4-8-12(14)13-10-15(17(18,19)20)23-16(22-13)21-11-6-2-3-7-11/h4-5,8-11H,2-3,6-7H2,1H3,(H,21,22,23). The topological polar surface area (TPSA) is 47.0 Å². The van der Waals surface area contributed by atoms with Crippen molar-refractivity contribution in [3.63, 3.8) is 0 Å². The SMILES string of the molecule is COc1ccccc1-c1cc(C(F)(F)F)nc(NC2CCCC2)n1. The molecule has 2 aromatic rings. The zero-order valence-corrected chi connectivity index (χ0v) is 13.2. The van der Waals surface area contributed by atoms with Crippen LogP contribution in [0.4, 0.5) is 19.1 Å². The van der Waals surface area contributed by atoms with Gasteiger partial charge >= 0.3 is 6.18 Å². The van der Waals surface area contributed by atoms with Gasteiger partial charge in [-0.2, -0.15) is 13.2 Å². The Hall–Kier alpha value is -2.31. The predicted molar refractivity (Wildman–Crippen MR) is 84.9 cm³/mol. The lowest BCUT2D eigenvalue weighted by molar-refractivity contribution is -0.141. The average Bonchev–Trinajstić information content (AvgIpc) is 3.06. The molecule has 24 heavy (non-hydrogen) atoms. The number of nitrogens with one attached hydrogen (secondary N) is 1. The lowest BCUT2D eigenvalue weighted by Crippen LogP contribution is -2.19. The van der Waals surface area contributed by atoms with E-state index in [9.17, 15) is 13.2 Å². The first-order valence-electron chi connectivity index (χ1n) is 7.83. The number of alkyl halides is 3. The minimum Gasteiger partial charge on any atom is -0.496 e. The number of ether oxygens (including phenoxy) is 1. The van der Waals surface area contributed by atoms with Crippen LogP contribution in [0.2, 0.25) is 0 Å². The Kier molecular flexibility index (Phi) is 4.59. The van der Waals surface area contributed by atoms with Gasteiger partial charge in [0.25, 0.3) is 0 Å². The van der Waals surface area contributed by atoms with Crippen molar-refractivity contribution in [3.8, 4) is 17.0 Å². The summed E-state index contributed by atoms with van der Waals surface area (Å²) in [6.45, 7) is 0. The molecule has 0 bridgehead atoms. The molecular formula is C17H18F3N3O. The van der Waals surface area contributed by atoms with Crippen LogP contribution in [0.5, 0.6) is 5.75 Å². The molecule has 0 amide bonds. The van der Waals surface area contributed by atoms with Gasteiger partial charge in [-0.05, 0) is 31.0 Å². The van der Waals surface area contributed by atoms with Crippen molar-refractivity contribution in [1.29, 1.82) is 0 Å². The van der Waals surface area contributed by atoms with E-state index in [1.807, 2.05) is 0 Å². The molecule has 1 fully saturated rings. The molecule has 7 heteroatoms. The second-order valence-corrected chi connectivity index (χ2v) is 5.79. The summed E-state index contributed by atoms with van der Waals surface area (Å²) in [6, 6.07) is 7.94. The highest BCUT2D eigenvalue weighted by atomic mass is 19.4. The lowest BCUT2D eigenvalue weighted by atomic mass is 10.1. The normalized spacial score (nSPS) is 15.5. The molecule has 1 aliphatic rings. The van der Waals surface area contributed by atoms with Crippen LogP contribution in [0.1, 0.15) is 31.4 Å². The zero-order chi connectivity index (χ0) is 17.2. The first-order chi connectivity index (χ1) is 11.5. The van der Waals surface area contributed by atoms with Crippen LogP contribution in [-0.4, -0.2) is 23.1 Å². The Labute approximate surface area is 138 Å². The minimum absolute atomic E-state index is 0.0117. The predicted octanol–water partition coefficient (Wildman–Crippen LogP) is 4.53. The highest BCUT2D eigenvalue weighted by Crippen LogP contribution is 2.34. The van der Waals surface area contributed by atoms with Gasteiger partial charge in [0, 0.05) is 11.6 Å². The summed E-state index contributed by atoms with van der Waals surface area (Å²) in [6.07, 6.45) is -0.564. The molecule has 1 aromatic heterocycles. The van der Waals surface area contributed by atoms with Crippen molar-refractivity contribution in [3.05, 3.63) is 36.0 Å². The molecular weight excluding hydrogens is 319 g/mol. The Morgan fingerprint density at radius 2 is 1.83 bits per heavy atom. The van der Waals surface area contributed by atoms with E-state index in [1.54, 1.807) is 24.3 Å². The number of rotatable bonds is 4. The van der Waals surface area contributed by atoms with Crippen LogP contribution >= 0.6 is 0 Å². The van der Waals surface area contributed by atoms with Crippen molar-refractivity contribution in [1.82, 2.24) is 9.97 Å². The Bertz CT molecular complexity index is 712. The van der Waals surface area contributed by atoms with Crippen LogP contribution in [0.25, 0.3) is 11.3 Å². The monoisotopic (exact) mass is 337 g/mol. The number of nitrogens with zero attached hydrogens (tertiary/aromatic N) is 2. The van der Waals surface area contributed by atoms with E-state index < -0.39 is 11.9 Å². The van der Waals surface area contributed by atoms with Gasteiger partial charge in [-0.3, -0.25) is 0 Å². The molecule has 3 rings (SSSR count). The molecule has 1 aromatic carbocycles. The number of halogens is 3. The molecule has 0 saturated heterocycles. The first-order valence-corrected chi connectivity index (χ1v) is 7.83. The van der Waals surface area contributed by atoms with Gasteiger partial charge in [0.15, 0.2) is 5.69 Å². The maximum absolute atomic E-state index is 13.2. The third-order valence-corrected chi connectivity index (χ3v) is 4.09. The summed E-state index contributed by atoms with van der Waals surface area (Å²) in [5, 5.41) is 3.04. The van der Waals surface area contributed by atoms with Crippen LogP contribution in [-0.2, 0) is 6.18 Å². The minimum atomic E-state index is -4.54. The van der Waals surface area contributed by atoms with Gasteiger partial charge in [-0.1, -0.05) is 25.0 Å². The van der Waals surface area contributed by atoms with Crippen LogP contribution in [0.15, 0.2) is 30.3 Å². The molecule has 0 radical (unpaired) electrons. The molecule has 0 atom stereocenters. The van der Waals surface area contributed by atoms with Crippen LogP contribution in [0.3, 0.4) is 0 Å². The van der Waals surface area contributed by atoms with E-state index >= 15 is 0 Å². The van der Waals surface area contributed by atoms with E-state index in [0.717, 1.165) is 31.7 Å². The molecule has 1 heterocycles. The Morgan fingerprint density at radius 3 is 2.50 bits per heavy atom. The molecule has 0 unspecified atom stereocenters. The fraction of sp³-hybridized carbons (Fsp3) is 0.412. The molecule has 1 saturated carbocycles. The van der Waals surface area contributed by atoms with Crippen molar-refractivity contribution >= 4 is 5.95 Å².